The molecule has 1 unspecified atom stereocenters. The largest absolute Gasteiger partial charge is 0.489 e. The number of hydrogen-bond donors (Lipinski definition) is 2. The molecular formula is C26H29F4N3O4. The normalized spacial score (nSPS) is 19.1. The summed E-state index contributed by atoms with van der Waals surface area (Å²) in [4.78, 5) is 26.2. The van der Waals surface area contributed by atoms with E-state index in [2.05, 4.69) is 15.4 Å². The van der Waals surface area contributed by atoms with Gasteiger partial charge in [0.25, 0.3) is 0 Å². The fraction of sp³-hybridized carbons (Fsp3) is 0.462. The molecule has 1 aliphatic carbocycles. The van der Waals surface area contributed by atoms with Gasteiger partial charge in [0.05, 0.1) is 6.61 Å². The Morgan fingerprint density at radius 1 is 1.08 bits per heavy atom. The van der Waals surface area contributed by atoms with Gasteiger partial charge >= 0.3 is 12.6 Å². The van der Waals surface area contributed by atoms with Crippen molar-refractivity contribution in [2.24, 2.45) is 5.92 Å². The molecule has 0 bridgehead atoms. The molecule has 2 aromatic carbocycles. The second-order valence-corrected chi connectivity index (χ2v) is 9.40. The minimum atomic E-state index is -2.98. The van der Waals surface area contributed by atoms with Gasteiger partial charge in [-0.25, -0.2) is 13.6 Å². The fourth-order valence-corrected chi connectivity index (χ4v) is 4.43. The Hall–Kier alpha value is -3.50. The Kier molecular flexibility index (Phi) is 8.40. The van der Waals surface area contributed by atoms with Gasteiger partial charge < -0.3 is 25.0 Å². The van der Waals surface area contributed by atoms with E-state index in [1.165, 1.54) is 19.1 Å². The first-order valence-electron chi connectivity index (χ1n) is 12.1. The number of urea groups is 1. The van der Waals surface area contributed by atoms with Crippen LogP contribution in [0, 0.1) is 17.6 Å². The lowest BCUT2D eigenvalue weighted by molar-refractivity contribution is -0.129. The smallest absolute Gasteiger partial charge is 0.387 e. The van der Waals surface area contributed by atoms with Crippen LogP contribution in [0.3, 0.4) is 0 Å². The van der Waals surface area contributed by atoms with Gasteiger partial charge in [-0.1, -0.05) is 12.1 Å². The van der Waals surface area contributed by atoms with Crippen LogP contribution < -0.4 is 20.1 Å². The van der Waals surface area contributed by atoms with Crippen LogP contribution in [-0.2, 0) is 11.3 Å². The maximum Gasteiger partial charge on any atom is 0.387 e. The van der Waals surface area contributed by atoms with E-state index in [-0.39, 0.29) is 48.0 Å². The molecule has 11 heteroatoms. The van der Waals surface area contributed by atoms with Crippen molar-refractivity contribution >= 4 is 11.9 Å². The van der Waals surface area contributed by atoms with E-state index in [0.717, 1.165) is 30.5 Å². The number of ether oxygens (including phenoxy) is 2. The number of carbonyl (C=O) groups excluding carboxylic acids is 2. The first kappa shape index (κ1) is 26.6. The van der Waals surface area contributed by atoms with Gasteiger partial charge in [0.2, 0.25) is 5.91 Å². The van der Waals surface area contributed by atoms with Crippen LogP contribution in [0.1, 0.15) is 43.2 Å². The van der Waals surface area contributed by atoms with E-state index in [4.69, 9.17) is 4.74 Å². The van der Waals surface area contributed by atoms with E-state index < -0.39 is 24.3 Å². The molecule has 1 heterocycles. The van der Waals surface area contributed by atoms with E-state index in [0.29, 0.717) is 25.5 Å². The highest BCUT2D eigenvalue weighted by molar-refractivity contribution is 5.75. The van der Waals surface area contributed by atoms with Crippen molar-refractivity contribution in [3.8, 4) is 11.5 Å². The van der Waals surface area contributed by atoms with Crippen molar-refractivity contribution < 1.29 is 36.6 Å². The van der Waals surface area contributed by atoms with Crippen LogP contribution in [0.2, 0.25) is 0 Å². The Bertz CT molecular complexity index is 1130. The molecule has 0 spiro atoms. The summed E-state index contributed by atoms with van der Waals surface area (Å²) in [7, 11) is 0. The number of alkyl halides is 2. The molecule has 1 saturated carbocycles. The Balaban J connectivity index is 1.37. The third-order valence-corrected chi connectivity index (χ3v) is 6.60. The van der Waals surface area contributed by atoms with E-state index in [1.807, 2.05) is 0 Å². The van der Waals surface area contributed by atoms with Gasteiger partial charge in [-0.15, -0.1) is 0 Å². The SMILES string of the molecule is CC(=O)N1CC(c2ccc(OC(F)F)c(OCC3CC3)c2)C[C@H]1CNC(=O)NCc1ccc(F)cc1F. The molecule has 2 N–H and O–H groups in total. The summed E-state index contributed by atoms with van der Waals surface area (Å²) in [6.07, 6.45) is 2.62. The second-order valence-electron chi connectivity index (χ2n) is 9.40. The molecule has 3 amide bonds. The maximum absolute atomic E-state index is 13.8. The standard InChI is InChI=1S/C26H29F4N3O4/c1-15(34)33-13-19(17-5-7-23(37-25(29)30)24(9-17)36-14-16-2-3-16)8-21(33)12-32-26(35)31-11-18-4-6-20(27)10-22(18)28/h4-7,9-10,16,19,21,25H,2-3,8,11-14H2,1H3,(H2,31,32,35)/t19?,21-/m0/s1. The predicted molar refractivity (Wildman–Crippen MR) is 126 cm³/mol. The fourth-order valence-electron chi connectivity index (χ4n) is 4.43. The number of hydrogen-bond acceptors (Lipinski definition) is 4. The molecule has 1 saturated heterocycles. The van der Waals surface area contributed by atoms with Crippen molar-refractivity contribution in [2.75, 3.05) is 19.7 Å². The minimum absolute atomic E-state index is 0.0340. The van der Waals surface area contributed by atoms with E-state index in [9.17, 15) is 27.2 Å². The summed E-state index contributed by atoms with van der Waals surface area (Å²) in [6.45, 7) is -0.687. The summed E-state index contributed by atoms with van der Waals surface area (Å²) < 4.78 is 62.9. The van der Waals surface area contributed by atoms with E-state index >= 15 is 0 Å². The number of rotatable bonds is 10. The predicted octanol–water partition coefficient (Wildman–Crippen LogP) is 4.56. The second kappa shape index (κ2) is 11.7. The van der Waals surface area contributed by atoms with Crippen molar-refractivity contribution in [3.05, 3.63) is 59.2 Å². The average Bonchev–Trinajstić information content (AvgIpc) is 3.57. The molecule has 1 aliphatic heterocycles. The average molecular weight is 524 g/mol. The Labute approximate surface area is 212 Å². The van der Waals surface area contributed by atoms with Crippen LogP contribution in [0.25, 0.3) is 0 Å². The van der Waals surface area contributed by atoms with Gasteiger partial charge in [-0.3, -0.25) is 4.79 Å². The van der Waals surface area contributed by atoms with Gasteiger partial charge in [0.1, 0.15) is 11.6 Å². The molecule has 200 valence electrons. The molecule has 2 fully saturated rings. The zero-order valence-corrected chi connectivity index (χ0v) is 20.3. The summed E-state index contributed by atoms with van der Waals surface area (Å²) in [6, 6.07) is 7.07. The van der Waals surface area contributed by atoms with Gasteiger partial charge in [0.15, 0.2) is 11.5 Å². The number of benzene rings is 2. The quantitative estimate of drug-likeness (QED) is 0.448. The van der Waals surface area contributed by atoms with Crippen molar-refractivity contribution in [2.45, 2.75) is 51.3 Å². The van der Waals surface area contributed by atoms with Gasteiger partial charge in [-0.2, -0.15) is 8.78 Å². The van der Waals surface area contributed by atoms with Gasteiger partial charge in [-0.05, 0) is 48.9 Å². The van der Waals surface area contributed by atoms with Gasteiger partial charge in [0, 0.05) is 50.1 Å². The molecule has 0 aromatic heterocycles. The molecule has 37 heavy (non-hydrogen) atoms. The molecule has 2 aliphatic rings. The first-order valence-corrected chi connectivity index (χ1v) is 12.1. The third-order valence-electron chi connectivity index (χ3n) is 6.60. The van der Waals surface area contributed by atoms with Crippen LogP contribution in [0.5, 0.6) is 11.5 Å². The highest BCUT2D eigenvalue weighted by Crippen LogP contribution is 2.38. The monoisotopic (exact) mass is 523 g/mol. The summed E-state index contributed by atoms with van der Waals surface area (Å²) in [5.41, 5.74) is 0.958. The molecule has 7 nitrogen and oxygen atoms in total. The highest BCUT2D eigenvalue weighted by atomic mass is 19.3. The number of nitrogens with one attached hydrogen (secondary N) is 2. The number of halogens is 4. The zero-order chi connectivity index (χ0) is 26.5. The summed E-state index contributed by atoms with van der Waals surface area (Å²) >= 11 is 0. The summed E-state index contributed by atoms with van der Waals surface area (Å²) in [5.74, 6) is -1.09. The Morgan fingerprint density at radius 3 is 2.54 bits per heavy atom. The molecular weight excluding hydrogens is 494 g/mol. The van der Waals surface area contributed by atoms with Crippen molar-refractivity contribution in [1.82, 2.24) is 15.5 Å². The molecule has 2 atom stereocenters. The van der Waals surface area contributed by atoms with Crippen LogP contribution in [0.4, 0.5) is 22.4 Å². The third kappa shape index (κ3) is 7.27. The number of likely N-dealkylation sites (tertiary alicyclic amines) is 1. The lowest BCUT2D eigenvalue weighted by Gasteiger charge is -2.23. The maximum atomic E-state index is 13.8. The molecule has 4 rings (SSSR count). The number of nitrogens with zero attached hydrogens (tertiary/aromatic N) is 1. The molecule has 0 radical (unpaired) electrons. The van der Waals surface area contributed by atoms with Crippen molar-refractivity contribution in [1.29, 1.82) is 0 Å². The zero-order valence-electron chi connectivity index (χ0n) is 20.3. The summed E-state index contributed by atoms with van der Waals surface area (Å²) in [5, 5.41) is 5.22. The number of amides is 3. The Morgan fingerprint density at radius 2 is 1.86 bits per heavy atom. The molecule has 2 aromatic rings. The van der Waals surface area contributed by atoms with Crippen LogP contribution >= 0.6 is 0 Å². The minimum Gasteiger partial charge on any atom is -0.489 e. The van der Waals surface area contributed by atoms with Crippen molar-refractivity contribution in [3.63, 3.8) is 0 Å². The van der Waals surface area contributed by atoms with E-state index in [1.54, 1.807) is 17.0 Å². The van der Waals surface area contributed by atoms with Crippen LogP contribution in [-0.4, -0.2) is 49.2 Å². The topological polar surface area (TPSA) is 79.9 Å². The number of carbonyl (C=O) groups is 2. The highest BCUT2D eigenvalue weighted by Gasteiger charge is 2.35. The lowest BCUT2D eigenvalue weighted by Crippen LogP contribution is -2.45. The lowest BCUT2D eigenvalue weighted by atomic mass is 9.96. The first-order chi connectivity index (χ1) is 17.7. The van der Waals surface area contributed by atoms with Crippen LogP contribution in [0.15, 0.2) is 36.4 Å².